The van der Waals surface area contributed by atoms with Gasteiger partial charge in [-0.05, 0) is 55.5 Å². The summed E-state index contributed by atoms with van der Waals surface area (Å²) in [4.78, 5) is 1.27. The number of anilines is 1. The van der Waals surface area contributed by atoms with Crippen LogP contribution in [0.3, 0.4) is 0 Å². The van der Waals surface area contributed by atoms with Crippen molar-refractivity contribution in [1.29, 1.82) is 5.26 Å². The molecule has 0 unspecified atom stereocenters. The molecule has 120 valence electrons. The molecule has 0 fully saturated rings. The van der Waals surface area contributed by atoms with E-state index in [1.165, 1.54) is 35.6 Å². The molecule has 1 aromatic carbocycles. The maximum Gasteiger partial charge on any atom is 0.262 e. The van der Waals surface area contributed by atoms with Gasteiger partial charge in [0.1, 0.15) is 11.1 Å². The number of hydrogen-bond acceptors (Lipinski definition) is 4. The van der Waals surface area contributed by atoms with Crippen molar-refractivity contribution >= 4 is 38.0 Å². The predicted octanol–water partition coefficient (Wildman–Crippen LogP) is 4.34. The molecule has 7 heteroatoms. The van der Waals surface area contributed by atoms with E-state index in [-0.39, 0.29) is 4.90 Å². The van der Waals surface area contributed by atoms with Gasteiger partial charge >= 0.3 is 0 Å². The second-order valence-corrected chi connectivity index (χ2v) is 8.66. The van der Waals surface area contributed by atoms with E-state index in [9.17, 15) is 13.7 Å². The van der Waals surface area contributed by atoms with E-state index in [0.29, 0.717) is 15.6 Å². The van der Waals surface area contributed by atoms with Crippen molar-refractivity contribution in [2.75, 3.05) is 4.72 Å². The molecule has 1 aromatic heterocycles. The molecule has 1 heterocycles. The highest BCUT2D eigenvalue weighted by atomic mass is 35.5. The molecule has 1 aliphatic carbocycles. The van der Waals surface area contributed by atoms with Gasteiger partial charge < -0.3 is 0 Å². The van der Waals surface area contributed by atoms with E-state index in [4.69, 9.17) is 11.6 Å². The average Bonchev–Trinajstić information content (AvgIpc) is 2.68. The van der Waals surface area contributed by atoms with E-state index in [1.54, 1.807) is 0 Å². The molecule has 0 atom stereocenters. The smallest absolute Gasteiger partial charge is 0.262 e. The second-order valence-electron chi connectivity index (χ2n) is 5.44. The fraction of sp³-hybridized carbons (Fsp3) is 0.312. The van der Waals surface area contributed by atoms with Gasteiger partial charge in [0.25, 0.3) is 10.0 Å². The van der Waals surface area contributed by atoms with E-state index >= 15 is 0 Å². The number of benzene rings is 1. The van der Waals surface area contributed by atoms with Crippen LogP contribution in [0, 0.1) is 11.3 Å². The molecule has 0 saturated carbocycles. The van der Waals surface area contributed by atoms with Gasteiger partial charge in [0.05, 0.1) is 10.5 Å². The monoisotopic (exact) mass is 366 g/mol. The van der Waals surface area contributed by atoms with Crippen LogP contribution in [-0.2, 0) is 22.9 Å². The fourth-order valence-corrected chi connectivity index (χ4v) is 5.40. The molecule has 1 aliphatic rings. The lowest BCUT2D eigenvalue weighted by Gasteiger charge is -2.07. The van der Waals surface area contributed by atoms with Crippen LogP contribution >= 0.6 is 22.9 Å². The Labute approximate surface area is 144 Å². The number of fused-ring (bicyclic) bond motifs is 1. The number of rotatable bonds is 3. The van der Waals surface area contributed by atoms with Crippen LogP contribution in [-0.4, -0.2) is 8.42 Å². The summed E-state index contributed by atoms with van der Waals surface area (Å²) in [5.74, 6) is 0. The molecule has 2 aromatic rings. The van der Waals surface area contributed by atoms with Gasteiger partial charge in [-0.1, -0.05) is 18.0 Å². The first kappa shape index (κ1) is 16.3. The van der Waals surface area contributed by atoms with Crippen LogP contribution in [0.2, 0.25) is 5.02 Å². The van der Waals surface area contributed by atoms with Crippen LogP contribution < -0.4 is 4.72 Å². The largest absolute Gasteiger partial charge is 0.269 e. The number of thiophene rings is 1. The Morgan fingerprint density at radius 2 is 1.83 bits per heavy atom. The summed E-state index contributed by atoms with van der Waals surface area (Å²) < 4.78 is 27.6. The zero-order valence-electron chi connectivity index (χ0n) is 12.3. The third-order valence-corrected chi connectivity index (χ3v) is 6.84. The molecule has 0 radical (unpaired) electrons. The minimum atomic E-state index is -3.72. The Hall–Kier alpha value is -1.55. The molecule has 3 rings (SSSR count). The highest BCUT2D eigenvalue weighted by Gasteiger charge is 2.23. The van der Waals surface area contributed by atoms with Crippen molar-refractivity contribution in [3.05, 3.63) is 45.3 Å². The highest BCUT2D eigenvalue weighted by Crippen LogP contribution is 2.38. The summed E-state index contributed by atoms with van der Waals surface area (Å²) in [5, 5.41) is 10.4. The third-order valence-electron chi connectivity index (χ3n) is 3.88. The van der Waals surface area contributed by atoms with Crippen molar-refractivity contribution in [1.82, 2.24) is 0 Å². The van der Waals surface area contributed by atoms with Crippen LogP contribution in [0.4, 0.5) is 5.00 Å². The number of sulfonamides is 1. The molecule has 4 nitrogen and oxygen atoms in total. The summed E-state index contributed by atoms with van der Waals surface area (Å²) in [5.41, 5.74) is 1.49. The Balaban J connectivity index is 1.97. The second kappa shape index (κ2) is 6.52. The minimum Gasteiger partial charge on any atom is -0.269 e. The molecule has 0 spiro atoms. The van der Waals surface area contributed by atoms with Crippen LogP contribution in [0.5, 0.6) is 0 Å². The van der Waals surface area contributed by atoms with Crippen LogP contribution in [0.1, 0.15) is 35.3 Å². The SMILES string of the molecule is N#Cc1c(NS(=O)(=O)c2ccc(Cl)cc2)sc2c1CCCCC2. The number of nitrogens with one attached hydrogen (secondary N) is 1. The Kier molecular flexibility index (Phi) is 4.62. The van der Waals surface area contributed by atoms with Gasteiger partial charge in [-0.3, -0.25) is 4.72 Å². The molecule has 23 heavy (non-hydrogen) atoms. The minimum absolute atomic E-state index is 0.134. The zero-order chi connectivity index (χ0) is 16.4. The van der Waals surface area contributed by atoms with E-state index in [0.717, 1.165) is 42.5 Å². The summed E-state index contributed by atoms with van der Waals surface area (Å²) in [6.07, 6.45) is 5.04. The lowest BCUT2D eigenvalue weighted by atomic mass is 10.1. The van der Waals surface area contributed by atoms with Crippen molar-refractivity contribution in [2.24, 2.45) is 0 Å². The van der Waals surface area contributed by atoms with E-state index in [2.05, 4.69) is 10.8 Å². The third kappa shape index (κ3) is 3.37. The first-order valence-corrected chi connectivity index (χ1v) is 10.0. The normalized spacial score (nSPS) is 14.6. The molecule has 0 amide bonds. The zero-order valence-corrected chi connectivity index (χ0v) is 14.7. The van der Waals surface area contributed by atoms with Gasteiger partial charge in [-0.15, -0.1) is 11.3 Å². The number of halogens is 1. The first-order chi connectivity index (χ1) is 11.0. The maximum atomic E-state index is 12.5. The average molecular weight is 367 g/mol. The Bertz CT molecular complexity index is 865. The molecular weight excluding hydrogens is 352 g/mol. The van der Waals surface area contributed by atoms with Gasteiger partial charge in [0.15, 0.2) is 0 Å². The quantitative estimate of drug-likeness (QED) is 0.821. The number of nitriles is 1. The topological polar surface area (TPSA) is 70.0 Å². The summed E-state index contributed by atoms with van der Waals surface area (Å²) in [6.45, 7) is 0. The van der Waals surface area contributed by atoms with Crippen molar-refractivity contribution in [3.8, 4) is 6.07 Å². The summed E-state index contributed by atoms with van der Waals surface area (Å²) >= 11 is 7.18. The summed E-state index contributed by atoms with van der Waals surface area (Å²) in [7, 11) is -3.72. The number of hydrogen-bond donors (Lipinski definition) is 1. The number of aryl methyl sites for hydroxylation is 1. The summed E-state index contributed by atoms with van der Waals surface area (Å²) in [6, 6.07) is 8.15. The molecule has 0 bridgehead atoms. The highest BCUT2D eigenvalue weighted by molar-refractivity contribution is 7.93. The van der Waals surface area contributed by atoms with E-state index < -0.39 is 10.0 Å². The van der Waals surface area contributed by atoms with Crippen LogP contribution in [0.15, 0.2) is 29.2 Å². The number of nitrogens with zero attached hydrogens (tertiary/aromatic N) is 1. The molecule has 0 aliphatic heterocycles. The van der Waals surface area contributed by atoms with Crippen molar-refractivity contribution < 1.29 is 8.42 Å². The van der Waals surface area contributed by atoms with Gasteiger partial charge in [0, 0.05) is 9.90 Å². The fourth-order valence-electron chi connectivity index (χ4n) is 2.73. The van der Waals surface area contributed by atoms with Crippen molar-refractivity contribution in [3.63, 3.8) is 0 Å². The molecule has 0 saturated heterocycles. The standard InChI is InChI=1S/C16H15ClN2O2S2/c17-11-6-8-12(9-7-11)23(20,21)19-16-14(10-18)13-4-2-1-3-5-15(13)22-16/h6-9,19H,1-5H2. The maximum absolute atomic E-state index is 12.5. The van der Waals surface area contributed by atoms with Gasteiger partial charge in [0.2, 0.25) is 0 Å². The first-order valence-electron chi connectivity index (χ1n) is 7.34. The molecular formula is C16H15ClN2O2S2. The lowest BCUT2D eigenvalue weighted by Crippen LogP contribution is -2.12. The van der Waals surface area contributed by atoms with E-state index in [1.807, 2.05) is 0 Å². The molecule has 1 N–H and O–H groups in total. The Morgan fingerprint density at radius 3 is 2.52 bits per heavy atom. The predicted molar refractivity (Wildman–Crippen MR) is 92.6 cm³/mol. The van der Waals surface area contributed by atoms with Gasteiger partial charge in [-0.25, -0.2) is 8.42 Å². The van der Waals surface area contributed by atoms with Crippen LogP contribution in [0.25, 0.3) is 0 Å². The Morgan fingerprint density at radius 1 is 1.13 bits per heavy atom. The van der Waals surface area contributed by atoms with Crippen molar-refractivity contribution in [2.45, 2.75) is 37.0 Å². The lowest BCUT2D eigenvalue weighted by molar-refractivity contribution is 0.601. The van der Waals surface area contributed by atoms with Gasteiger partial charge in [-0.2, -0.15) is 5.26 Å².